The van der Waals surface area contributed by atoms with Crippen molar-refractivity contribution in [2.45, 2.75) is 19.1 Å². The lowest BCUT2D eigenvalue weighted by atomic mass is 10.1. The molecule has 6 heteroatoms. The summed E-state index contributed by atoms with van der Waals surface area (Å²) < 4.78 is 4.96. The third-order valence-corrected chi connectivity index (χ3v) is 3.37. The zero-order valence-corrected chi connectivity index (χ0v) is 11.9. The Kier molecular flexibility index (Phi) is 5.69. The maximum Gasteiger partial charge on any atom is 0.337 e. The fourth-order valence-electron chi connectivity index (χ4n) is 1.36. The molecule has 104 valence electrons. The summed E-state index contributed by atoms with van der Waals surface area (Å²) in [5.74, 6) is -0.591. The first-order valence-corrected chi connectivity index (χ1v) is 6.81. The minimum absolute atomic E-state index is 0.0160. The van der Waals surface area contributed by atoms with Gasteiger partial charge in [0.15, 0.2) is 0 Å². The van der Waals surface area contributed by atoms with Crippen molar-refractivity contribution in [2.75, 3.05) is 18.2 Å². The van der Waals surface area contributed by atoms with E-state index in [1.165, 1.54) is 31.0 Å². The number of amides is 1. The highest BCUT2D eigenvalue weighted by atomic mass is 32.2. The molecule has 0 saturated heterocycles. The van der Waals surface area contributed by atoms with Gasteiger partial charge in [0, 0.05) is 0 Å². The standard InChI is InChI=1S/C13H17NO4S/c1-8(2)19-7-12(15)14-11-5-4-9(18-3)6-10(11)13(16)17/h4-6,8H,7H2,1-3H3,(H,14,15)(H,16,17). The third kappa shape index (κ3) is 4.82. The molecule has 19 heavy (non-hydrogen) atoms. The maximum absolute atomic E-state index is 11.7. The van der Waals surface area contributed by atoms with E-state index >= 15 is 0 Å². The Balaban J connectivity index is 2.82. The van der Waals surface area contributed by atoms with Crippen LogP contribution < -0.4 is 10.1 Å². The first kappa shape index (κ1) is 15.4. The number of nitrogens with one attached hydrogen (secondary N) is 1. The second kappa shape index (κ2) is 7.04. The van der Waals surface area contributed by atoms with Crippen LogP contribution in [0, 0.1) is 0 Å². The van der Waals surface area contributed by atoms with Gasteiger partial charge in [-0.25, -0.2) is 4.79 Å². The van der Waals surface area contributed by atoms with E-state index in [0.29, 0.717) is 16.8 Å². The van der Waals surface area contributed by atoms with Gasteiger partial charge in [-0.15, -0.1) is 11.8 Å². The van der Waals surface area contributed by atoms with Crippen LogP contribution in [0.1, 0.15) is 24.2 Å². The van der Waals surface area contributed by atoms with E-state index in [4.69, 9.17) is 9.84 Å². The summed E-state index contributed by atoms with van der Waals surface area (Å²) in [5.41, 5.74) is 0.296. The summed E-state index contributed by atoms with van der Waals surface area (Å²) in [5, 5.41) is 12.1. The topological polar surface area (TPSA) is 75.6 Å². The van der Waals surface area contributed by atoms with Crippen LogP contribution in [0.5, 0.6) is 5.75 Å². The van der Waals surface area contributed by atoms with E-state index in [0.717, 1.165) is 0 Å². The number of anilines is 1. The predicted molar refractivity (Wildman–Crippen MR) is 76.2 cm³/mol. The molecule has 5 nitrogen and oxygen atoms in total. The average Bonchev–Trinajstić information content (AvgIpc) is 2.36. The summed E-state index contributed by atoms with van der Waals surface area (Å²) in [4.78, 5) is 22.8. The highest BCUT2D eigenvalue weighted by Crippen LogP contribution is 2.22. The lowest BCUT2D eigenvalue weighted by Gasteiger charge is -2.10. The number of ether oxygens (including phenoxy) is 1. The van der Waals surface area contributed by atoms with E-state index in [1.807, 2.05) is 13.8 Å². The fourth-order valence-corrected chi connectivity index (χ4v) is 1.92. The quantitative estimate of drug-likeness (QED) is 0.838. The molecule has 0 saturated carbocycles. The molecule has 0 aromatic heterocycles. The minimum Gasteiger partial charge on any atom is -0.497 e. The summed E-state index contributed by atoms with van der Waals surface area (Å²) in [6.45, 7) is 3.99. The predicted octanol–water partition coefficient (Wildman–Crippen LogP) is 2.47. The molecule has 1 aromatic rings. The Morgan fingerprint density at radius 1 is 1.42 bits per heavy atom. The molecule has 1 amide bonds. The number of rotatable bonds is 6. The molecule has 0 aliphatic carbocycles. The first-order chi connectivity index (χ1) is 8.93. The van der Waals surface area contributed by atoms with Gasteiger partial charge in [-0.3, -0.25) is 4.79 Å². The number of aromatic carboxylic acids is 1. The van der Waals surface area contributed by atoms with E-state index in [1.54, 1.807) is 6.07 Å². The molecule has 1 rings (SSSR count). The lowest BCUT2D eigenvalue weighted by Crippen LogP contribution is -2.17. The van der Waals surface area contributed by atoms with Gasteiger partial charge in [0.25, 0.3) is 0 Å². The molecule has 0 radical (unpaired) electrons. The number of thioether (sulfide) groups is 1. The summed E-state index contributed by atoms with van der Waals surface area (Å²) in [6, 6.07) is 4.52. The number of hydrogen-bond acceptors (Lipinski definition) is 4. The van der Waals surface area contributed by atoms with Crippen molar-refractivity contribution in [1.82, 2.24) is 0 Å². The van der Waals surface area contributed by atoms with Crippen LogP contribution >= 0.6 is 11.8 Å². The zero-order chi connectivity index (χ0) is 14.4. The second-order valence-electron chi connectivity index (χ2n) is 4.12. The monoisotopic (exact) mass is 283 g/mol. The van der Waals surface area contributed by atoms with Gasteiger partial charge >= 0.3 is 5.97 Å². The van der Waals surface area contributed by atoms with Crippen molar-refractivity contribution in [3.05, 3.63) is 23.8 Å². The minimum atomic E-state index is -1.11. The van der Waals surface area contributed by atoms with E-state index in [-0.39, 0.29) is 17.2 Å². The SMILES string of the molecule is COc1ccc(NC(=O)CSC(C)C)c(C(=O)O)c1. The van der Waals surface area contributed by atoms with E-state index in [9.17, 15) is 9.59 Å². The van der Waals surface area contributed by atoms with Gasteiger partial charge in [-0.05, 0) is 23.4 Å². The smallest absolute Gasteiger partial charge is 0.337 e. The first-order valence-electron chi connectivity index (χ1n) is 5.76. The molecular formula is C13H17NO4S. The average molecular weight is 283 g/mol. The van der Waals surface area contributed by atoms with Crippen molar-refractivity contribution in [3.8, 4) is 5.75 Å². The number of carbonyl (C=O) groups is 2. The molecule has 0 aliphatic rings. The van der Waals surface area contributed by atoms with E-state index < -0.39 is 5.97 Å². The molecule has 0 heterocycles. The summed E-state index contributed by atoms with van der Waals surface area (Å²) >= 11 is 1.50. The van der Waals surface area contributed by atoms with Gasteiger partial charge in [-0.1, -0.05) is 13.8 Å². The van der Waals surface area contributed by atoms with Gasteiger partial charge in [-0.2, -0.15) is 0 Å². The van der Waals surface area contributed by atoms with Crippen LogP contribution in [-0.4, -0.2) is 35.1 Å². The van der Waals surface area contributed by atoms with Crippen molar-refractivity contribution >= 4 is 29.3 Å². The number of carboxylic acid groups (broad SMARTS) is 1. The normalized spacial score (nSPS) is 10.3. The van der Waals surface area contributed by atoms with Crippen molar-refractivity contribution in [3.63, 3.8) is 0 Å². The van der Waals surface area contributed by atoms with Crippen LogP contribution in [0.3, 0.4) is 0 Å². The van der Waals surface area contributed by atoms with Gasteiger partial charge < -0.3 is 15.2 Å². The Hall–Kier alpha value is -1.69. The molecule has 1 aromatic carbocycles. The van der Waals surface area contributed by atoms with Crippen LogP contribution in [0.25, 0.3) is 0 Å². The Morgan fingerprint density at radius 2 is 2.11 bits per heavy atom. The fraction of sp³-hybridized carbons (Fsp3) is 0.385. The van der Waals surface area contributed by atoms with E-state index in [2.05, 4.69) is 5.32 Å². The molecule has 0 atom stereocenters. The van der Waals surface area contributed by atoms with Crippen molar-refractivity contribution < 1.29 is 19.4 Å². The summed E-state index contributed by atoms with van der Waals surface area (Å²) in [6.07, 6.45) is 0. The maximum atomic E-state index is 11.7. The van der Waals surface area contributed by atoms with Crippen LogP contribution in [0.15, 0.2) is 18.2 Å². The van der Waals surface area contributed by atoms with Crippen LogP contribution in [0.2, 0.25) is 0 Å². The highest BCUT2D eigenvalue weighted by Gasteiger charge is 2.14. The van der Waals surface area contributed by atoms with Crippen molar-refractivity contribution in [1.29, 1.82) is 0 Å². The highest BCUT2D eigenvalue weighted by molar-refractivity contribution is 8.00. The molecule has 0 fully saturated rings. The Labute approximate surface area is 116 Å². The largest absolute Gasteiger partial charge is 0.497 e. The second-order valence-corrected chi connectivity index (χ2v) is 5.69. The molecule has 2 N–H and O–H groups in total. The van der Waals surface area contributed by atoms with Crippen LogP contribution in [0.4, 0.5) is 5.69 Å². The van der Waals surface area contributed by atoms with Gasteiger partial charge in [0.05, 0.1) is 24.1 Å². The number of benzene rings is 1. The number of carbonyl (C=O) groups excluding carboxylic acids is 1. The lowest BCUT2D eigenvalue weighted by molar-refractivity contribution is -0.113. The van der Waals surface area contributed by atoms with Crippen LogP contribution in [-0.2, 0) is 4.79 Å². The number of carboxylic acids is 1. The third-order valence-electron chi connectivity index (χ3n) is 2.28. The molecular weight excluding hydrogens is 266 g/mol. The van der Waals surface area contributed by atoms with Gasteiger partial charge in [0.1, 0.15) is 5.75 Å². The number of hydrogen-bond donors (Lipinski definition) is 2. The summed E-state index contributed by atoms with van der Waals surface area (Å²) in [7, 11) is 1.46. The molecule has 0 unspecified atom stereocenters. The Bertz CT molecular complexity index is 474. The Morgan fingerprint density at radius 3 is 2.63 bits per heavy atom. The number of methoxy groups -OCH3 is 1. The van der Waals surface area contributed by atoms with Gasteiger partial charge in [0.2, 0.25) is 5.91 Å². The molecule has 0 bridgehead atoms. The molecule has 0 spiro atoms. The van der Waals surface area contributed by atoms with Crippen molar-refractivity contribution in [2.24, 2.45) is 0 Å². The zero-order valence-electron chi connectivity index (χ0n) is 11.1. The molecule has 0 aliphatic heterocycles.